The third kappa shape index (κ3) is 2.41. The lowest BCUT2D eigenvalue weighted by Gasteiger charge is -2.28. The molecule has 0 unspecified atom stereocenters. The van der Waals surface area contributed by atoms with Gasteiger partial charge in [0.05, 0.1) is 5.39 Å². The predicted molar refractivity (Wildman–Crippen MR) is 79.7 cm³/mol. The minimum absolute atomic E-state index is 0.438. The Labute approximate surface area is 112 Å². The summed E-state index contributed by atoms with van der Waals surface area (Å²) in [4.78, 5) is 12.5. The second kappa shape index (κ2) is 5.52. The number of anilines is 2. The van der Waals surface area contributed by atoms with E-state index in [4.69, 9.17) is 0 Å². The molecule has 0 atom stereocenters. The van der Waals surface area contributed by atoms with E-state index in [1.54, 1.807) is 11.3 Å². The van der Waals surface area contributed by atoms with E-state index >= 15 is 0 Å². The summed E-state index contributed by atoms with van der Waals surface area (Å²) < 4.78 is 0. The molecule has 2 rings (SSSR count). The third-order valence-corrected chi connectivity index (χ3v) is 3.70. The molecule has 4 nitrogen and oxygen atoms in total. The highest BCUT2D eigenvalue weighted by molar-refractivity contribution is 7.16. The smallest absolute Gasteiger partial charge is 0.225 e. The van der Waals surface area contributed by atoms with Crippen LogP contribution in [0.25, 0.3) is 10.2 Å². The topological polar surface area (TPSA) is 41.1 Å². The van der Waals surface area contributed by atoms with Crippen LogP contribution in [0.15, 0.2) is 11.4 Å². The number of hydrogen-bond donors (Lipinski definition) is 1. The van der Waals surface area contributed by atoms with E-state index in [0.29, 0.717) is 12.0 Å². The molecule has 98 valence electrons. The molecule has 2 aromatic heterocycles. The van der Waals surface area contributed by atoms with Crippen LogP contribution in [0.1, 0.15) is 27.2 Å². The number of nitrogens with one attached hydrogen (secondary N) is 1. The molecular weight excluding hydrogens is 244 g/mol. The van der Waals surface area contributed by atoms with Gasteiger partial charge in [-0.05, 0) is 31.7 Å². The van der Waals surface area contributed by atoms with Crippen LogP contribution in [-0.4, -0.2) is 29.6 Å². The van der Waals surface area contributed by atoms with Gasteiger partial charge in [-0.15, -0.1) is 11.3 Å². The molecule has 0 fully saturated rings. The highest BCUT2D eigenvalue weighted by Gasteiger charge is 2.16. The molecule has 0 spiro atoms. The third-order valence-electron chi connectivity index (χ3n) is 2.89. The Balaban J connectivity index is 2.55. The maximum Gasteiger partial charge on any atom is 0.225 e. The summed E-state index contributed by atoms with van der Waals surface area (Å²) in [6.45, 7) is 7.62. The number of nitrogens with zero attached hydrogens (tertiary/aromatic N) is 3. The number of thiophene rings is 1. The van der Waals surface area contributed by atoms with Crippen molar-refractivity contribution in [2.75, 3.05) is 23.8 Å². The Kier molecular flexibility index (Phi) is 4.01. The second-order valence-electron chi connectivity index (χ2n) is 4.55. The molecule has 0 aliphatic rings. The van der Waals surface area contributed by atoms with E-state index in [1.807, 2.05) is 7.05 Å². The Bertz CT molecular complexity index is 521. The van der Waals surface area contributed by atoms with Crippen molar-refractivity contribution in [2.45, 2.75) is 33.2 Å². The van der Waals surface area contributed by atoms with Crippen molar-refractivity contribution >= 4 is 33.3 Å². The van der Waals surface area contributed by atoms with Crippen LogP contribution in [0.4, 0.5) is 11.8 Å². The van der Waals surface area contributed by atoms with Crippen molar-refractivity contribution in [3.8, 4) is 0 Å². The van der Waals surface area contributed by atoms with E-state index in [9.17, 15) is 0 Å². The predicted octanol–water partition coefficient (Wildman–Crippen LogP) is 3.36. The van der Waals surface area contributed by atoms with E-state index in [2.05, 4.69) is 52.4 Å². The first kappa shape index (κ1) is 13.1. The normalized spacial score (nSPS) is 11.2. The van der Waals surface area contributed by atoms with Gasteiger partial charge in [0.1, 0.15) is 10.6 Å². The van der Waals surface area contributed by atoms with Gasteiger partial charge in [-0.3, -0.25) is 0 Å². The molecule has 0 aliphatic heterocycles. The summed E-state index contributed by atoms with van der Waals surface area (Å²) >= 11 is 1.66. The monoisotopic (exact) mass is 264 g/mol. The summed E-state index contributed by atoms with van der Waals surface area (Å²) in [6, 6.07) is 2.55. The van der Waals surface area contributed by atoms with Gasteiger partial charge in [0.25, 0.3) is 0 Å². The average Bonchev–Trinajstić information content (AvgIpc) is 2.82. The number of fused-ring (bicyclic) bond motifs is 1. The summed E-state index contributed by atoms with van der Waals surface area (Å²) in [5, 5.41) is 6.27. The molecule has 0 saturated heterocycles. The van der Waals surface area contributed by atoms with Gasteiger partial charge < -0.3 is 10.2 Å². The van der Waals surface area contributed by atoms with E-state index in [-0.39, 0.29) is 0 Å². The molecule has 18 heavy (non-hydrogen) atoms. The SMILES string of the molecule is CCCN(c1nc(NC)nc2sccc12)C(C)C. The van der Waals surface area contributed by atoms with Crippen molar-refractivity contribution in [3.05, 3.63) is 11.4 Å². The average molecular weight is 264 g/mol. The van der Waals surface area contributed by atoms with E-state index < -0.39 is 0 Å². The summed E-state index contributed by atoms with van der Waals surface area (Å²) in [5.41, 5.74) is 0. The minimum atomic E-state index is 0.438. The molecule has 0 aliphatic carbocycles. The lowest BCUT2D eigenvalue weighted by molar-refractivity contribution is 0.665. The minimum Gasteiger partial charge on any atom is -0.357 e. The van der Waals surface area contributed by atoms with Gasteiger partial charge in [-0.2, -0.15) is 4.98 Å². The summed E-state index contributed by atoms with van der Waals surface area (Å²) in [6.07, 6.45) is 1.11. The maximum atomic E-state index is 4.64. The summed E-state index contributed by atoms with van der Waals surface area (Å²) in [7, 11) is 1.86. The largest absolute Gasteiger partial charge is 0.357 e. The molecule has 5 heteroatoms. The molecule has 2 heterocycles. The molecule has 2 aromatic rings. The van der Waals surface area contributed by atoms with Gasteiger partial charge in [-0.25, -0.2) is 4.98 Å². The lowest BCUT2D eigenvalue weighted by atomic mass is 10.2. The molecule has 1 N–H and O–H groups in total. The first-order valence-electron chi connectivity index (χ1n) is 6.37. The second-order valence-corrected chi connectivity index (χ2v) is 5.44. The zero-order valence-corrected chi connectivity index (χ0v) is 12.2. The summed E-state index contributed by atoms with van der Waals surface area (Å²) in [5.74, 6) is 1.74. The van der Waals surface area contributed by atoms with Gasteiger partial charge in [0, 0.05) is 19.6 Å². The molecule has 0 radical (unpaired) electrons. The van der Waals surface area contributed by atoms with Gasteiger partial charge in [0.15, 0.2) is 0 Å². The first-order chi connectivity index (χ1) is 8.67. The first-order valence-corrected chi connectivity index (χ1v) is 7.25. The zero-order valence-electron chi connectivity index (χ0n) is 11.4. The van der Waals surface area contributed by atoms with Crippen molar-refractivity contribution in [1.82, 2.24) is 9.97 Å². The molecule has 0 saturated carbocycles. The van der Waals surface area contributed by atoms with Crippen molar-refractivity contribution < 1.29 is 0 Å². The Morgan fingerprint density at radius 1 is 1.39 bits per heavy atom. The molecular formula is C13H20N4S. The van der Waals surface area contributed by atoms with Gasteiger partial charge in [0.2, 0.25) is 5.95 Å². The molecule has 0 aromatic carbocycles. The lowest BCUT2D eigenvalue weighted by Crippen LogP contribution is -2.32. The standard InChI is InChI=1S/C13H20N4S/c1-5-7-17(9(2)3)11-10-6-8-18-12(10)16-13(14-4)15-11/h6,8-9H,5,7H2,1-4H3,(H,14,15,16). The quantitative estimate of drug-likeness (QED) is 0.899. The fourth-order valence-corrected chi connectivity index (χ4v) is 2.78. The fraction of sp³-hybridized carbons (Fsp3) is 0.538. The van der Waals surface area contributed by atoms with Crippen LogP contribution in [0, 0.1) is 0 Å². The maximum absolute atomic E-state index is 4.64. The highest BCUT2D eigenvalue weighted by Crippen LogP contribution is 2.30. The zero-order chi connectivity index (χ0) is 13.1. The van der Waals surface area contributed by atoms with Crippen LogP contribution < -0.4 is 10.2 Å². The van der Waals surface area contributed by atoms with Crippen LogP contribution in [-0.2, 0) is 0 Å². The Hall–Kier alpha value is -1.36. The van der Waals surface area contributed by atoms with Crippen LogP contribution in [0.3, 0.4) is 0 Å². The molecule has 0 amide bonds. The van der Waals surface area contributed by atoms with Crippen molar-refractivity contribution in [2.24, 2.45) is 0 Å². The highest BCUT2D eigenvalue weighted by atomic mass is 32.1. The Morgan fingerprint density at radius 2 is 2.17 bits per heavy atom. The van der Waals surface area contributed by atoms with E-state index in [1.165, 1.54) is 0 Å². The fourth-order valence-electron chi connectivity index (χ4n) is 2.02. The Morgan fingerprint density at radius 3 is 2.78 bits per heavy atom. The number of aromatic nitrogens is 2. The van der Waals surface area contributed by atoms with Gasteiger partial charge in [-0.1, -0.05) is 6.92 Å². The van der Waals surface area contributed by atoms with Crippen LogP contribution in [0.2, 0.25) is 0 Å². The number of hydrogen-bond acceptors (Lipinski definition) is 5. The number of rotatable bonds is 5. The van der Waals surface area contributed by atoms with Crippen LogP contribution >= 0.6 is 11.3 Å². The van der Waals surface area contributed by atoms with Gasteiger partial charge >= 0.3 is 0 Å². The molecule has 0 bridgehead atoms. The van der Waals surface area contributed by atoms with Crippen molar-refractivity contribution in [3.63, 3.8) is 0 Å². The van der Waals surface area contributed by atoms with Crippen LogP contribution in [0.5, 0.6) is 0 Å². The van der Waals surface area contributed by atoms with Crippen molar-refractivity contribution in [1.29, 1.82) is 0 Å². The van der Waals surface area contributed by atoms with E-state index in [0.717, 1.165) is 29.0 Å².